The maximum atomic E-state index is 4.30. The molecule has 0 heterocycles. The monoisotopic (exact) mass is 250 g/mol. The van der Waals surface area contributed by atoms with Crippen molar-refractivity contribution in [3.05, 3.63) is 0 Å². The minimum Gasteiger partial charge on any atom is -0.203 e. The van der Waals surface area contributed by atoms with Gasteiger partial charge in [0.2, 0.25) is 0 Å². The van der Waals surface area contributed by atoms with Crippen LogP contribution in [0.2, 0.25) is 0 Å². The first-order valence-electron chi connectivity index (χ1n) is 1.71. The summed E-state index contributed by atoms with van der Waals surface area (Å²) in [4.78, 5) is 4.30. The number of alkyl halides is 1. The van der Waals surface area contributed by atoms with Gasteiger partial charge in [-0.05, 0) is 10.1 Å². The van der Waals surface area contributed by atoms with Crippen molar-refractivity contribution in [1.29, 1.82) is 0 Å². The zero-order valence-electron chi connectivity index (χ0n) is 3.80. The van der Waals surface area contributed by atoms with Gasteiger partial charge in [0.1, 0.15) is 16.3 Å². The summed E-state index contributed by atoms with van der Waals surface area (Å²) < 4.78 is 3.84. The maximum Gasteiger partial charge on any atom is 0.146 e. The van der Waals surface area contributed by atoms with Gasteiger partial charge in [-0.25, -0.2) is 4.89 Å². The number of hydrogen-bond acceptors (Lipinski definition) is 4. The van der Waals surface area contributed by atoms with Gasteiger partial charge in [-0.15, -0.1) is 3.98 Å². The average molecular weight is 252 g/mol. The summed E-state index contributed by atoms with van der Waals surface area (Å²) in [6.07, 6.45) is 0. The Morgan fingerprint density at radius 3 is 2.50 bits per heavy atom. The maximum absolute atomic E-state index is 4.30. The third-order valence-corrected chi connectivity index (χ3v) is 0.694. The van der Waals surface area contributed by atoms with Crippen molar-refractivity contribution >= 4 is 32.2 Å². The van der Waals surface area contributed by atoms with Crippen LogP contribution in [0.3, 0.4) is 0 Å². The number of hydrogen-bond donors (Lipinski definition) is 0. The molecule has 0 radical (unpaired) electrons. The molecule has 0 N–H and O–H groups in total. The highest BCUT2D eigenvalue weighted by molar-refractivity contribution is 9.09. The number of halogens is 2. The molecule has 8 heavy (non-hydrogen) atoms. The van der Waals surface area contributed by atoms with Crippen molar-refractivity contribution in [2.75, 3.05) is 11.9 Å². The van der Waals surface area contributed by atoms with E-state index in [0.717, 1.165) is 0 Å². The molecule has 0 saturated carbocycles. The molecule has 0 unspecified atom stereocenters. The Balaban J connectivity index is 2.53. The standard InChI is InChI=1S/C2H4Br2O4/c3-1-2-5-7-8-6-4/h1-2H2. The highest BCUT2D eigenvalue weighted by atomic mass is 79.9. The Hall–Kier alpha value is 0.800. The predicted molar refractivity (Wildman–Crippen MR) is 31.9 cm³/mol. The van der Waals surface area contributed by atoms with Gasteiger partial charge in [-0.2, -0.15) is 0 Å². The SMILES string of the molecule is BrCCOOOOBr. The van der Waals surface area contributed by atoms with E-state index in [0.29, 0.717) is 11.9 Å². The minimum absolute atomic E-state index is 0.399. The van der Waals surface area contributed by atoms with E-state index in [1.54, 1.807) is 0 Å². The molecule has 0 spiro atoms. The van der Waals surface area contributed by atoms with Crippen molar-refractivity contribution in [2.24, 2.45) is 0 Å². The first-order valence-corrected chi connectivity index (χ1v) is 3.48. The highest BCUT2D eigenvalue weighted by Gasteiger charge is 1.84. The molecule has 4 nitrogen and oxygen atoms in total. The van der Waals surface area contributed by atoms with Crippen LogP contribution >= 0.6 is 32.2 Å². The smallest absolute Gasteiger partial charge is 0.146 e. The molecule has 6 heteroatoms. The van der Waals surface area contributed by atoms with Crippen LogP contribution < -0.4 is 0 Å². The van der Waals surface area contributed by atoms with E-state index < -0.39 is 0 Å². The summed E-state index contributed by atoms with van der Waals surface area (Å²) in [6, 6.07) is 0. The van der Waals surface area contributed by atoms with Crippen molar-refractivity contribution in [2.45, 2.75) is 0 Å². The largest absolute Gasteiger partial charge is 0.203 e. The summed E-state index contributed by atoms with van der Waals surface area (Å²) >= 11 is 5.55. The second-order valence-corrected chi connectivity index (χ2v) is 1.77. The third-order valence-electron chi connectivity index (χ3n) is 0.262. The molecule has 0 aliphatic rings. The average Bonchev–Trinajstić information content (AvgIpc) is 1.81. The Labute approximate surface area is 63.4 Å². The van der Waals surface area contributed by atoms with Gasteiger partial charge in [0.25, 0.3) is 0 Å². The molecular formula is C2H4Br2O4. The lowest BCUT2D eigenvalue weighted by molar-refractivity contribution is -0.600. The van der Waals surface area contributed by atoms with Crippen LogP contribution in [0.1, 0.15) is 0 Å². The fourth-order valence-electron chi connectivity index (χ4n) is 0.0957. The van der Waals surface area contributed by atoms with E-state index in [9.17, 15) is 0 Å². The third kappa shape index (κ3) is 6.80. The van der Waals surface area contributed by atoms with Crippen LogP contribution in [0.15, 0.2) is 0 Å². The zero-order chi connectivity index (χ0) is 6.24. The minimum atomic E-state index is 0.399. The molecule has 0 aromatic heterocycles. The lowest BCUT2D eigenvalue weighted by atomic mass is 10.9. The van der Waals surface area contributed by atoms with Crippen molar-refractivity contribution < 1.29 is 18.9 Å². The molecule has 0 aromatic rings. The van der Waals surface area contributed by atoms with Crippen LogP contribution in [0, 0.1) is 0 Å². The molecule has 0 amide bonds. The van der Waals surface area contributed by atoms with Crippen LogP contribution in [0.4, 0.5) is 0 Å². The second kappa shape index (κ2) is 7.80. The summed E-state index contributed by atoms with van der Waals surface area (Å²) in [5.41, 5.74) is 0. The van der Waals surface area contributed by atoms with Gasteiger partial charge in [-0.3, -0.25) is 0 Å². The normalized spacial score (nSPS) is 9.75. The summed E-state index contributed by atoms with van der Waals surface area (Å²) in [5.74, 6) is 0. The van der Waals surface area contributed by atoms with Crippen LogP contribution in [-0.4, -0.2) is 11.9 Å². The number of rotatable bonds is 5. The highest BCUT2D eigenvalue weighted by Crippen LogP contribution is 1.89. The zero-order valence-corrected chi connectivity index (χ0v) is 6.98. The van der Waals surface area contributed by atoms with Crippen molar-refractivity contribution in [3.8, 4) is 0 Å². The molecule has 50 valence electrons. The van der Waals surface area contributed by atoms with E-state index in [1.165, 1.54) is 0 Å². The Kier molecular flexibility index (Phi) is 8.58. The molecule has 0 fully saturated rings. The van der Waals surface area contributed by atoms with Gasteiger partial charge in [0.15, 0.2) is 0 Å². The second-order valence-electron chi connectivity index (χ2n) is 0.710. The van der Waals surface area contributed by atoms with Crippen molar-refractivity contribution in [3.63, 3.8) is 0 Å². The van der Waals surface area contributed by atoms with Gasteiger partial charge in [-0.1, -0.05) is 15.9 Å². The quantitative estimate of drug-likeness (QED) is 0.321. The Morgan fingerprint density at radius 2 is 2.00 bits per heavy atom. The Bertz CT molecular complexity index is 37.0. The van der Waals surface area contributed by atoms with Crippen LogP contribution in [-0.2, 0) is 18.9 Å². The van der Waals surface area contributed by atoms with Crippen LogP contribution in [0.5, 0.6) is 0 Å². The predicted octanol–water partition coefficient (Wildman–Crippen LogP) is 1.50. The van der Waals surface area contributed by atoms with Crippen LogP contribution in [0.25, 0.3) is 0 Å². The summed E-state index contributed by atoms with van der Waals surface area (Å²) in [6.45, 7) is 0.399. The first-order chi connectivity index (χ1) is 3.91. The fourth-order valence-corrected chi connectivity index (χ4v) is 0.272. The van der Waals surface area contributed by atoms with Gasteiger partial charge < -0.3 is 0 Å². The topological polar surface area (TPSA) is 36.9 Å². The molecule has 0 bridgehead atoms. The van der Waals surface area contributed by atoms with E-state index in [2.05, 4.69) is 51.1 Å². The molecule has 0 aliphatic heterocycles. The summed E-state index contributed by atoms with van der Waals surface area (Å²) in [7, 11) is 0. The van der Waals surface area contributed by atoms with Gasteiger partial charge in [0, 0.05) is 5.33 Å². The Morgan fingerprint density at radius 1 is 1.25 bits per heavy atom. The lowest BCUT2D eigenvalue weighted by Crippen LogP contribution is -1.96. The molecular weight excluding hydrogens is 248 g/mol. The summed E-state index contributed by atoms with van der Waals surface area (Å²) in [5, 5.41) is 8.41. The molecule has 0 aliphatic carbocycles. The fraction of sp³-hybridized carbons (Fsp3) is 1.00. The van der Waals surface area contributed by atoms with Gasteiger partial charge in [0.05, 0.1) is 6.61 Å². The van der Waals surface area contributed by atoms with E-state index in [1.807, 2.05) is 0 Å². The molecule has 0 saturated heterocycles. The van der Waals surface area contributed by atoms with E-state index in [4.69, 9.17) is 0 Å². The lowest BCUT2D eigenvalue weighted by Gasteiger charge is -1.93. The van der Waals surface area contributed by atoms with E-state index in [-0.39, 0.29) is 0 Å². The first kappa shape index (κ1) is 8.80. The molecule has 0 aromatic carbocycles. The van der Waals surface area contributed by atoms with Crippen molar-refractivity contribution in [1.82, 2.24) is 0 Å². The molecule has 0 rings (SSSR count). The van der Waals surface area contributed by atoms with Gasteiger partial charge >= 0.3 is 0 Å². The molecule has 0 atom stereocenters. The van der Waals surface area contributed by atoms with E-state index >= 15 is 0 Å².